The van der Waals surface area contributed by atoms with E-state index >= 15 is 0 Å². The first kappa shape index (κ1) is 19.6. The Morgan fingerprint density at radius 2 is 1.84 bits per heavy atom. The van der Waals surface area contributed by atoms with Gasteiger partial charge in [-0.05, 0) is 42.5 Å². The van der Waals surface area contributed by atoms with E-state index in [0.29, 0.717) is 36.7 Å². The van der Waals surface area contributed by atoms with E-state index in [4.69, 9.17) is 15.5 Å². The number of pyridine rings is 1. The highest BCUT2D eigenvalue weighted by atomic mass is 32.1. The number of ether oxygens (including phenoxy) is 1. The molecule has 3 heterocycles. The smallest absolute Gasteiger partial charge is 0.266 e. The zero-order valence-electron chi connectivity index (χ0n) is 17.0. The first-order valence-electron chi connectivity index (χ1n) is 10.00. The number of benzene rings is 2. The molecule has 1 amide bonds. The molecule has 2 aromatic carbocycles. The van der Waals surface area contributed by atoms with Crippen LogP contribution in [-0.2, 0) is 0 Å². The van der Waals surface area contributed by atoms with Gasteiger partial charge in [0.05, 0.1) is 18.3 Å². The van der Waals surface area contributed by atoms with Crippen LogP contribution in [0, 0.1) is 5.82 Å². The van der Waals surface area contributed by atoms with Gasteiger partial charge in [0.2, 0.25) is 0 Å². The van der Waals surface area contributed by atoms with Crippen LogP contribution in [0.3, 0.4) is 0 Å². The minimum atomic E-state index is -0.252. The standard InChI is InChI=1S/C23H21FN4O2S/c1-30-17-7-2-14-12-18-20(25)21(31-22(18)26-19(14)13-17)23(29)28-10-8-27(9-11-28)16-5-3-15(24)4-6-16/h2-7,12-13H,8-11,25H2,1H3. The molecule has 0 unspecified atom stereocenters. The molecule has 8 heteroatoms. The summed E-state index contributed by atoms with van der Waals surface area (Å²) in [6, 6.07) is 14.1. The van der Waals surface area contributed by atoms with Gasteiger partial charge in [0, 0.05) is 48.7 Å². The quantitative estimate of drug-likeness (QED) is 0.523. The lowest BCUT2D eigenvalue weighted by molar-refractivity contribution is 0.0752. The molecule has 0 aliphatic carbocycles. The fourth-order valence-electron chi connectivity index (χ4n) is 3.92. The maximum absolute atomic E-state index is 13.2. The molecule has 5 rings (SSSR count). The number of thiophene rings is 1. The van der Waals surface area contributed by atoms with Crippen LogP contribution in [0.5, 0.6) is 5.75 Å². The van der Waals surface area contributed by atoms with E-state index in [1.165, 1.54) is 23.5 Å². The summed E-state index contributed by atoms with van der Waals surface area (Å²) in [5.74, 6) is 0.414. The Morgan fingerprint density at radius 1 is 1.10 bits per heavy atom. The number of anilines is 2. The van der Waals surface area contributed by atoms with Crippen molar-refractivity contribution in [3.63, 3.8) is 0 Å². The van der Waals surface area contributed by atoms with E-state index in [2.05, 4.69) is 4.90 Å². The number of nitrogen functional groups attached to an aromatic ring is 1. The average molecular weight is 437 g/mol. The number of methoxy groups -OCH3 is 1. The van der Waals surface area contributed by atoms with E-state index in [-0.39, 0.29) is 11.7 Å². The van der Waals surface area contributed by atoms with Gasteiger partial charge in [0.15, 0.2) is 0 Å². The van der Waals surface area contributed by atoms with Crippen molar-refractivity contribution in [2.24, 2.45) is 0 Å². The molecule has 1 aliphatic rings. The van der Waals surface area contributed by atoms with Crippen LogP contribution in [0.15, 0.2) is 48.5 Å². The zero-order chi connectivity index (χ0) is 21.5. The molecule has 6 nitrogen and oxygen atoms in total. The summed E-state index contributed by atoms with van der Waals surface area (Å²) in [5.41, 5.74) is 8.63. The normalized spacial score (nSPS) is 14.4. The van der Waals surface area contributed by atoms with Crippen LogP contribution in [0.1, 0.15) is 9.67 Å². The van der Waals surface area contributed by atoms with Crippen molar-refractivity contribution in [3.05, 3.63) is 59.2 Å². The molecule has 2 aromatic heterocycles. The highest BCUT2D eigenvalue weighted by Crippen LogP contribution is 2.36. The topological polar surface area (TPSA) is 71.7 Å². The molecular weight excluding hydrogens is 415 g/mol. The van der Waals surface area contributed by atoms with E-state index in [0.717, 1.165) is 32.6 Å². The first-order valence-corrected chi connectivity index (χ1v) is 10.8. The number of nitrogens with zero attached hydrogens (tertiary/aromatic N) is 3. The van der Waals surface area contributed by atoms with Crippen LogP contribution in [0.25, 0.3) is 21.1 Å². The number of rotatable bonds is 3. The lowest BCUT2D eigenvalue weighted by Gasteiger charge is -2.36. The Balaban J connectivity index is 1.38. The third-order valence-corrected chi connectivity index (χ3v) is 6.78. The van der Waals surface area contributed by atoms with E-state index < -0.39 is 0 Å². The van der Waals surface area contributed by atoms with Crippen LogP contribution in [-0.4, -0.2) is 49.1 Å². The minimum Gasteiger partial charge on any atom is -0.497 e. The first-order chi connectivity index (χ1) is 15.0. The molecule has 0 spiro atoms. The highest BCUT2D eigenvalue weighted by molar-refractivity contribution is 7.21. The van der Waals surface area contributed by atoms with Crippen LogP contribution >= 0.6 is 11.3 Å². The second-order valence-corrected chi connectivity index (χ2v) is 8.50. The van der Waals surface area contributed by atoms with Gasteiger partial charge in [-0.3, -0.25) is 4.79 Å². The summed E-state index contributed by atoms with van der Waals surface area (Å²) >= 11 is 1.33. The fourth-order valence-corrected chi connectivity index (χ4v) is 4.98. The Labute approximate surface area is 182 Å². The maximum atomic E-state index is 13.2. The summed E-state index contributed by atoms with van der Waals surface area (Å²) in [5, 5.41) is 1.75. The van der Waals surface area contributed by atoms with Gasteiger partial charge in [-0.15, -0.1) is 11.3 Å². The molecule has 2 N–H and O–H groups in total. The van der Waals surface area contributed by atoms with Gasteiger partial charge < -0.3 is 20.3 Å². The van der Waals surface area contributed by atoms with Gasteiger partial charge in [0.25, 0.3) is 5.91 Å². The summed E-state index contributed by atoms with van der Waals surface area (Å²) in [4.78, 5) is 23.2. The summed E-state index contributed by atoms with van der Waals surface area (Å²) in [6.45, 7) is 2.53. The Hall–Kier alpha value is -3.39. The van der Waals surface area contributed by atoms with Crippen molar-refractivity contribution in [3.8, 4) is 5.75 Å². The molecular formula is C23H21FN4O2S. The molecule has 31 heavy (non-hydrogen) atoms. The SMILES string of the molecule is COc1ccc2cc3c(N)c(C(=O)N4CCN(c5ccc(F)cc5)CC4)sc3nc2c1. The average Bonchev–Trinajstić information content (AvgIpc) is 3.12. The maximum Gasteiger partial charge on any atom is 0.266 e. The molecule has 1 saturated heterocycles. The number of carbonyl (C=O) groups excluding carboxylic acids is 1. The molecule has 158 valence electrons. The number of hydrogen-bond donors (Lipinski definition) is 1. The fraction of sp³-hybridized carbons (Fsp3) is 0.217. The Kier molecular flexibility index (Phi) is 4.86. The number of piperazine rings is 1. The monoisotopic (exact) mass is 436 g/mol. The lowest BCUT2D eigenvalue weighted by Crippen LogP contribution is -2.48. The van der Waals surface area contributed by atoms with Gasteiger partial charge >= 0.3 is 0 Å². The van der Waals surface area contributed by atoms with Crippen LogP contribution < -0.4 is 15.4 Å². The van der Waals surface area contributed by atoms with Crippen LogP contribution in [0.4, 0.5) is 15.8 Å². The largest absolute Gasteiger partial charge is 0.497 e. The number of hydrogen-bond acceptors (Lipinski definition) is 6. The number of halogens is 1. The van der Waals surface area contributed by atoms with Crippen molar-refractivity contribution in [2.45, 2.75) is 0 Å². The lowest BCUT2D eigenvalue weighted by atomic mass is 10.1. The summed E-state index contributed by atoms with van der Waals surface area (Å²) in [6.07, 6.45) is 0. The summed E-state index contributed by atoms with van der Waals surface area (Å²) in [7, 11) is 1.62. The predicted octanol–water partition coefficient (Wildman–Crippen LogP) is 4.14. The second kappa shape index (κ2) is 7.70. The minimum absolute atomic E-state index is 0.0686. The Bertz CT molecular complexity index is 1280. The van der Waals surface area contributed by atoms with E-state index in [9.17, 15) is 9.18 Å². The van der Waals surface area contributed by atoms with E-state index in [1.54, 1.807) is 19.2 Å². The molecule has 1 fully saturated rings. The number of carbonyl (C=O) groups is 1. The number of fused-ring (bicyclic) bond motifs is 2. The number of aromatic nitrogens is 1. The van der Waals surface area contributed by atoms with Crippen molar-refractivity contribution in [1.29, 1.82) is 0 Å². The van der Waals surface area contributed by atoms with Gasteiger partial charge in [-0.2, -0.15) is 0 Å². The van der Waals surface area contributed by atoms with Crippen molar-refractivity contribution in [1.82, 2.24) is 9.88 Å². The highest BCUT2D eigenvalue weighted by Gasteiger charge is 2.26. The molecule has 4 aromatic rings. The van der Waals surface area contributed by atoms with Crippen molar-refractivity contribution < 1.29 is 13.9 Å². The summed E-state index contributed by atoms with van der Waals surface area (Å²) < 4.78 is 18.5. The molecule has 0 bridgehead atoms. The molecule has 1 aliphatic heterocycles. The van der Waals surface area contributed by atoms with Crippen LogP contribution in [0.2, 0.25) is 0 Å². The second-order valence-electron chi connectivity index (χ2n) is 7.50. The van der Waals surface area contributed by atoms with Gasteiger partial charge in [-0.1, -0.05) is 0 Å². The third-order valence-electron chi connectivity index (χ3n) is 5.68. The van der Waals surface area contributed by atoms with Crippen molar-refractivity contribution in [2.75, 3.05) is 43.9 Å². The Morgan fingerprint density at radius 3 is 2.55 bits per heavy atom. The van der Waals surface area contributed by atoms with Crippen molar-refractivity contribution >= 4 is 49.7 Å². The predicted molar refractivity (Wildman–Crippen MR) is 123 cm³/mol. The van der Waals surface area contributed by atoms with Gasteiger partial charge in [-0.25, -0.2) is 9.37 Å². The molecule has 0 radical (unpaired) electrons. The zero-order valence-corrected chi connectivity index (χ0v) is 17.8. The number of nitrogens with two attached hydrogens (primary N) is 1. The van der Waals surface area contributed by atoms with Gasteiger partial charge in [0.1, 0.15) is 21.3 Å². The number of amides is 1. The molecule has 0 atom stereocenters. The van der Waals surface area contributed by atoms with E-state index in [1.807, 2.05) is 29.2 Å². The molecule has 0 saturated carbocycles. The third kappa shape index (κ3) is 3.53.